The molecule has 1 rings (SSSR count). The van der Waals surface area contributed by atoms with Crippen LogP contribution in [0.2, 0.25) is 0 Å². The number of thiocarbonyl (C=S) groups is 1. The number of nitrogens with zero attached hydrogens (tertiary/aromatic N) is 2. The molecular weight excluding hydrogens is 320 g/mol. The molecule has 0 saturated carbocycles. The lowest BCUT2D eigenvalue weighted by Gasteiger charge is -2.17. The molecule has 8 nitrogen and oxygen atoms in total. The minimum absolute atomic E-state index is 0.0586. The first-order valence-electron chi connectivity index (χ1n) is 6.72. The average Bonchev–Trinajstić information content (AvgIpc) is 2.58. The number of rotatable bonds is 7. The highest BCUT2D eigenvalue weighted by molar-refractivity contribution is 7.80. The van der Waals surface area contributed by atoms with E-state index in [0.29, 0.717) is 5.69 Å². The molecule has 1 aromatic heterocycles. The highest BCUT2D eigenvalue weighted by atomic mass is 32.1. The molecule has 0 spiro atoms. The van der Waals surface area contributed by atoms with Gasteiger partial charge in [-0.15, -0.1) is 0 Å². The Morgan fingerprint density at radius 2 is 2.17 bits per heavy atom. The second-order valence-corrected chi connectivity index (χ2v) is 4.70. The van der Waals surface area contributed by atoms with Gasteiger partial charge in [0.1, 0.15) is 6.04 Å². The Hall–Kier alpha value is -2.55. The van der Waals surface area contributed by atoms with Gasteiger partial charge in [0.15, 0.2) is 5.11 Å². The summed E-state index contributed by atoms with van der Waals surface area (Å²) in [5, 5.41) is 6.77. The minimum atomic E-state index is -0.774. The van der Waals surface area contributed by atoms with Crippen molar-refractivity contribution in [3.63, 3.8) is 0 Å². The lowest BCUT2D eigenvalue weighted by Crippen LogP contribution is -2.45. The van der Waals surface area contributed by atoms with Gasteiger partial charge in [-0.05, 0) is 30.8 Å². The van der Waals surface area contributed by atoms with Crippen LogP contribution in [0.25, 0.3) is 0 Å². The van der Waals surface area contributed by atoms with Crippen molar-refractivity contribution in [2.75, 3.05) is 14.2 Å². The summed E-state index contributed by atoms with van der Waals surface area (Å²) in [6.45, 7) is 0. The van der Waals surface area contributed by atoms with Crippen LogP contribution in [0.5, 0.6) is 0 Å². The van der Waals surface area contributed by atoms with Gasteiger partial charge in [0.25, 0.3) is 0 Å². The molecule has 0 bridgehead atoms. The van der Waals surface area contributed by atoms with Gasteiger partial charge in [0.2, 0.25) is 0 Å². The fraction of sp³-hybridized carbons (Fsp3) is 0.357. The van der Waals surface area contributed by atoms with Gasteiger partial charge in [-0.2, -0.15) is 5.10 Å². The topological polar surface area (TPSA) is 102 Å². The van der Waals surface area contributed by atoms with Crippen molar-refractivity contribution in [1.29, 1.82) is 0 Å². The molecule has 1 aromatic rings. The number of esters is 2. The second-order valence-electron chi connectivity index (χ2n) is 4.29. The maximum Gasteiger partial charge on any atom is 0.328 e. The average molecular weight is 338 g/mol. The largest absolute Gasteiger partial charge is 0.469 e. The van der Waals surface area contributed by atoms with Gasteiger partial charge >= 0.3 is 11.9 Å². The van der Waals surface area contributed by atoms with Crippen LogP contribution in [0.1, 0.15) is 18.5 Å². The van der Waals surface area contributed by atoms with Crippen molar-refractivity contribution in [2.45, 2.75) is 18.9 Å². The van der Waals surface area contributed by atoms with Crippen LogP contribution < -0.4 is 10.7 Å². The van der Waals surface area contributed by atoms with Crippen molar-refractivity contribution in [3.05, 3.63) is 30.1 Å². The van der Waals surface area contributed by atoms with Crippen LogP contribution in [0.3, 0.4) is 0 Å². The lowest BCUT2D eigenvalue weighted by atomic mass is 10.1. The number of methoxy groups -OCH3 is 2. The van der Waals surface area contributed by atoms with E-state index in [-0.39, 0.29) is 18.0 Å². The van der Waals surface area contributed by atoms with Gasteiger partial charge in [0.05, 0.1) is 26.1 Å². The van der Waals surface area contributed by atoms with E-state index in [4.69, 9.17) is 12.2 Å². The number of hydrazone groups is 1. The number of hydrogen-bond acceptors (Lipinski definition) is 7. The Balaban J connectivity index is 2.50. The maximum atomic E-state index is 11.7. The number of pyridine rings is 1. The van der Waals surface area contributed by atoms with E-state index in [1.165, 1.54) is 20.4 Å². The highest BCUT2D eigenvalue weighted by Crippen LogP contribution is 2.01. The van der Waals surface area contributed by atoms with Crippen LogP contribution in [0, 0.1) is 0 Å². The van der Waals surface area contributed by atoms with Crippen LogP contribution >= 0.6 is 12.2 Å². The molecule has 0 saturated heterocycles. The molecule has 0 amide bonds. The number of carbonyl (C=O) groups excluding carboxylic acids is 2. The number of carbonyl (C=O) groups is 2. The molecule has 124 valence electrons. The Kier molecular flexibility index (Phi) is 8.22. The van der Waals surface area contributed by atoms with E-state index in [1.807, 2.05) is 6.07 Å². The smallest absolute Gasteiger partial charge is 0.328 e. The first-order valence-corrected chi connectivity index (χ1v) is 7.13. The van der Waals surface area contributed by atoms with Crippen LogP contribution in [-0.4, -0.2) is 48.5 Å². The van der Waals surface area contributed by atoms with Crippen molar-refractivity contribution in [3.8, 4) is 0 Å². The molecule has 0 aliphatic carbocycles. The van der Waals surface area contributed by atoms with Gasteiger partial charge < -0.3 is 14.8 Å². The predicted octanol–water partition coefficient (Wildman–Crippen LogP) is 0.374. The van der Waals surface area contributed by atoms with E-state index in [0.717, 1.165) is 0 Å². The summed E-state index contributed by atoms with van der Waals surface area (Å²) in [6, 6.07) is 4.61. The van der Waals surface area contributed by atoms with Gasteiger partial charge in [-0.3, -0.25) is 15.2 Å². The van der Waals surface area contributed by atoms with Gasteiger partial charge in [-0.1, -0.05) is 6.07 Å². The third-order valence-electron chi connectivity index (χ3n) is 2.71. The van der Waals surface area contributed by atoms with E-state index in [9.17, 15) is 9.59 Å². The maximum absolute atomic E-state index is 11.7. The van der Waals surface area contributed by atoms with E-state index in [1.54, 1.807) is 18.3 Å². The van der Waals surface area contributed by atoms with E-state index >= 15 is 0 Å². The second kappa shape index (κ2) is 10.2. The zero-order chi connectivity index (χ0) is 17.1. The van der Waals surface area contributed by atoms with Gasteiger partial charge in [0, 0.05) is 12.6 Å². The Labute approximate surface area is 139 Å². The Morgan fingerprint density at radius 1 is 1.39 bits per heavy atom. The minimum Gasteiger partial charge on any atom is -0.469 e. The van der Waals surface area contributed by atoms with Crippen LogP contribution in [0.15, 0.2) is 29.5 Å². The number of aromatic nitrogens is 1. The standard InChI is InChI=1S/C14H18N4O4S/c1-21-12(19)7-6-11(13(20)22-2)17-14(23)18-16-9-10-5-3-4-8-15-10/h3-5,8-9,11H,6-7H2,1-2H3,(H2,17,18,23)/b16-9+. The first-order chi connectivity index (χ1) is 11.1. The summed E-state index contributed by atoms with van der Waals surface area (Å²) in [5.74, 6) is -0.959. The summed E-state index contributed by atoms with van der Waals surface area (Å²) < 4.78 is 9.20. The highest BCUT2D eigenvalue weighted by Gasteiger charge is 2.21. The fourth-order valence-corrected chi connectivity index (χ4v) is 1.75. The van der Waals surface area contributed by atoms with E-state index < -0.39 is 18.0 Å². The number of nitrogens with one attached hydrogen (secondary N) is 2. The zero-order valence-corrected chi connectivity index (χ0v) is 13.6. The molecule has 1 atom stereocenters. The quantitative estimate of drug-likeness (QED) is 0.318. The summed E-state index contributed by atoms with van der Waals surface area (Å²) >= 11 is 5.04. The molecule has 9 heteroatoms. The van der Waals surface area contributed by atoms with Gasteiger partial charge in [-0.25, -0.2) is 4.79 Å². The summed E-state index contributed by atoms with van der Waals surface area (Å²) in [7, 11) is 2.53. The van der Waals surface area contributed by atoms with Crippen LogP contribution in [-0.2, 0) is 19.1 Å². The summed E-state index contributed by atoms with van der Waals surface area (Å²) in [6.07, 6.45) is 3.36. The molecule has 23 heavy (non-hydrogen) atoms. The Bertz CT molecular complexity index is 565. The first kappa shape index (κ1) is 18.5. The normalized spacial score (nSPS) is 11.6. The van der Waals surface area contributed by atoms with Crippen LogP contribution in [0.4, 0.5) is 0 Å². The fourth-order valence-electron chi connectivity index (χ4n) is 1.56. The molecule has 1 heterocycles. The molecule has 0 fully saturated rings. The molecule has 0 radical (unpaired) electrons. The van der Waals surface area contributed by atoms with Crippen molar-refractivity contribution in [2.24, 2.45) is 5.10 Å². The van der Waals surface area contributed by atoms with E-state index in [2.05, 4.69) is 30.3 Å². The molecule has 0 aliphatic rings. The third kappa shape index (κ3) is 7.32. The lowest BCUT2D eigenvalue weighted by molar-refractivity contribution is -0.144. The number of ether oxygens (including phenoxy) is 2. The SMILES string of the molecule is COC(=O)CCC(NC(=S)N/N=C/c1ccccn1)C(=O)OC. The third-order valence-corrected chi connectivity index (χ3v) is 2.92. The predicted molar refractivity (Wildman–Crippen MR) is 87.8 cm³/mol. The summed E-state index contributed by atoms with van der Waals surface area (Å²) in [5.41, 5.74) is 3.22. The molecule has 1 unspecified atom stereocenters. The zero-order valence-electron chi connectivity index (χ0n) is 12.8. The van der Waals surface area contributed by atoms with Crippen molar-refractivity contribution >= 4 is 35.5 Å². The van der Waals surface area contributed by atoms with Crippen molar-refractivity contribution in [1.82, 2.24) is 15.7 Å². The molecular formula is C14H18N4O4S. The monoisotopic (exact) mass is 338 g/mol. The van der Waals surface area contributed by atoms with Crippen molar-refractivity contribution < 1.29 is 19.1 Å². The number of hydrogen-bond donors (Lipinski definition) is 2. The molecule has 0 aliphatic heterocycles. The Morgan fingerprint density at radius 3 is 2.78 bits per heavy atom. The molecule has 0 aromatic carbocycles. The summed E-state index contributed by atoms with van der Waals surface area (Å²) in [4.78, 5) is 26.9. The molecule has 2 N–H and O–H groups in total.